The number of carbonyl (C=O) groups is 1. The van der Waals surface area contributed by atoms with Crippen molar-refractivity contribution in [1.29, 1.82) is 0 Å². The highest BCUT2D eigenvalue weighted by Crippen LogP contribution is 2.33. The second-order valence-corrected chi connectivity index (χ2v) is 8.44. The van der Waals surface area contributed by atoms with Crippen molar-refractivity contribution < 1.29 is 23.1 Å². The molecule has 2 heterocycles. The fourth-order valence-electron chi connectivity index (χ4n) is 3.38. The van der Waals surface area contributed by atoms with Gasteiger partial charge in [0.25, 0.3) is 10.2 Å². The van der Waals surface area contributed by atoms with Gasteiger partial charge in [0.15, 0.2) is 0 Å². The Hall–Kier alpha value is -0.700. The van der Waals surface area contributed by atoms with Crippen LogP contribution in [0.5, 0.6) is 0 Å². The fourth-order valence-corrected chi connectivity index (χ4v) is 5.09. The highest BCUT2D eigenvalue weighted by molar-refractivity contribution is 7.86. The lowest BCUT2D eigenvalue weighted by molar-refractivity contribution is -0.142. The molecule has 2 fully saturated rings. The van der Waals surface area contributed by atoms with E-state index in [9.17, 15) is 18.3 Å². The number of piperidine rings is 1. The Bertz CT molecular complexity index is 499. The monoisotopic (exact) mass is 334 g/mol. The van der Waals surface area contributed by atoms with Crippen molar-refractivity contribution >= 4 is 16.2 Å². The van der Waals surface area contributed by atoms with Crippen molar-refractivity contribution in [3.63, 3.8) is 0 Å². The molecule has 2 atom stereocenters. The molecular formula is C14H26N2O5S. The summed E-state index contributed by atoms with van der Waals surface area (Å²) in [6, 6.07) is 0. The number of carboxylic acids is 1. The van der Waals surface area contributed by atoms with Gasteiger partial charge < -0.3 is 9.84 Å². The summed E-state index contributed by atoms with van der Waals surface area (Å²) in [6.07, 6.45) is 1.47. The van der Waals surface area contributed by atoms with Gasteiger partial charge in [0.05, 0.1) is 12.0 Å². The van der Waals surface area contributed by atoms with E-state index in [1.807, 2.05) is 13.8 Å². The minimum absolute atomic E-state index is 0.0741. The first-order valence-electron chi connectivity index (χ1n) is 7.78. The van der Waals surface area contributed by atoms with Crippen LogP contribution in [0.1, 0.15) is 26.7 Å². The quantitative estimate of drug-likeness (QED) is 0.797. The summed E-state index contributed by atoms with van der Waals surface area (Å²) in [7, 11) is -1.94. The molecule has 2 saturated heterocycles. The predicted octanol–water partition coefficient (Wildman–Crippen LogP) is 0.631. The highest BCUT2D eigenvalue weighted by Gasteiger charge is 2.45. The normalized spacial score (nSPS) is 29.3. The Morgan fingerprint density at radius 2 is 1.77 bits per heavy atom. The van der Waals surface area contributed by atoms with E-state index in [-0.39, 0.29) is 24.5 Å². The van der Waals surface area contributed by atoms with E-state index in [0.717, 1.165) is 0 Å². The Morgan fingerprint density at radius 1 is 1.18 bits per heavy atom. The molecule has 0 bridgehead atoms. The summed E-state index contributed by atoms with van der Waals surface area (Å²) >= 11 is 0. The van der Waals surface area contributed by atoms with Gasteiger partial charge >= 0.3 is 5.97 Å². The van der Waals surface area contributed by atoms with Crippen LogP contribution in [0.25, 0.3) is 0 Å². The third-order valence-electron chi connectivity index (χ3n) is 4.89. The number of carboxylic acid groups (broad SMARTS) is 1. The molecule has 2 aliphatic heterocycles. The van der Waals surface area contributed by atoms with Gasteiger partial charge in [-0.3, -0.25) is 4.79 Å². The molecule has 7 nitrogen and oxygen atoms in total. The Kier molecular flexibility index (Phi) is 5.47. The van der Waals surface area contributed by atoms with Crippen LogP contribution in [0.4, 0.5) is 0 Å². The molecule has 0 aromatic rings. The van der Waals surface area contributed by atoms with Gasteiger partial charge in [0.1, 0.15) is 0 Å². The van der Waals surface area contributed by atoms with Crippen LogP contribution in [-0.2, 0) is 19.7 Å². The van der Waals surface area contributed by atoms with Crippen molar-refractivity contribution in [1.82, 2.24) is 8.61 Å². The average Bonchev–Trinajstić information content (AvgIpc) is 2.93. The van der Waals surface area contributed by atoms with Crippen molar-refractivity contribution in [3.05, 3.63) is 0 Å². The minimum atomic E-state index is -3.58. The van der Waals surface area contributed by atoms with Gasteiger partial charge in [-0.2, -0.15) is 17.0 Å². The fraction of sp³-hybridized carbons (Fsp3) is 0.929. The maximum Gasteiger partial charge on any atom is 0.308 e. The lowest BCUT2D eigenvalue weighted by Gasteiger charge is -2.33. The lowest BCUT2D eigenvalue weighted by Crippen LogP contribution is -2.47. The molecule has 0 radical (unpaired) electrons. The first kappa shape index (κ1) is 17.7. The first-order valence-corrected chi connectivity index (χ1v) is 9.18. The predicted molar refractivity (Wildman–Crippen MR) is 81.6 cm³/mol. The van der Waals surface area contributed by atoms with Crippen molar-refractivity contribution in [3.8, 4) is 0 Å². The van der Waals surface area contributed by atoms with E-state index in [2.05, 4.69) is 0 Å². The van der Waals surface area contributed by atoms with Gasteiger partial charge in [-0.15, -0.1) is 0 Å². The lowest BCUT2D eigenvalue weighted by atomic mass is 9.86. The maximum atomic E-state index is 12.7. The van der Waals surface area contributed by atoms with E-state index < -0.39 is 22.1 Å². The van der Waals surface area contributed by atoms with Crippen LogP contribution in [0.2, 0.25) is 0 Å². The van der Waals surface area contributed by atoms with E-state index in [1.54, 1.807) is 7.11 Å². The molecule has 0 aromatic carbocycles. The molecule has 2 rings (SSSR count). The van der Waals surface area contributed by atoms with Crippen molar-refractivity contribution in [2.45, 2.75) is 32.8 Å². The van der Waals surface area contributed by atoms with E-state index in [1.165, 1.54) is 8.61 Å². The molecule has 0 unspecified atom stereocenters. The Labute approximate surface area is 132 Å². The molecule has 0 aliphatic carbocycles. The molecular weight excluding hydrogens is 308 g/mol. The van der Waals surface area contributed by atoms with Crippen molar-refractivity contribution in [2.24, 2.45) is 17.8 Å². The maximum absolute atomic E-state index is 12.7. The number of hydrogen-bond donors (Lipinski definition) is 1. The molecule has 0 amide bonds. The van der Waals surface area contributed by atoms with Gasteiger partial charge in [-0.1, -0.05) is 13.8 Å². The number of aliphatic carboxylic acids is 1. The minimum Gasteiger partial charge on any atom is -0.481 e. The number of nitrogens with zero attached hydrogens (tertiary/aromatic N) is 2. The molecule has 128 valence electrons. The SMILES string of the molecule is COC1CCN(S(=O)(=O)N2C[C@@H](C(=O)O)[C@H](C(C)C)C2)CC1. The van der Waals surface area contributed by atoms with E-state index in [4.69, 9.17) is 4.74 Å². The van der Waals surface area contributed by atoms with Crippen LogP contribution in [0.15, 0.2) is 0 Å². The van der Waals surface area contributed by atoms with Crippen LogP contribution in [0.3, 0.4) is 0 Å². The molecule has 2 aliphatic rings. The van der Waals surface area contributed by atoms with E-state index >= 15 is 0 Å². The van der Waals surface area contributed by atoms with Crippen LogP contribution in [-0.4, -0.2) is 67.5 Å². The summed E-state index contributed by atoms with van der Waals surface area (Å²) < 4.78 is 33.5. The van der Waals surface area contributed by atoms with Gasteiger partial charge in [0, 0.05) is 33.3 Å². The number of rotatable bonds is 5. The summed E-state index contributed by atoms with van der Waals surface area (Å²) in [5.74, 6) is -1.52. The zero-order valence-corrected chi connectivity index (χ0v) is 14.3. The molecule has 0 saturated carbocycles. The summed E-state index contributed by atoms with van der Waals surface area (Å²) in [6.45, 7) is 5.12. The summed E-state index contributed by atoms with van der Waals surface area (Å²) in [5, 5.41) is 9.34. The largest absolute Gasteiger partial charge is 0.481 e. The van der Waals surface area contributed by atoms with Crippen LogP contribution >= 0.6 is 0 Å². The van der Waals surface area contributed by atoms with Crippen LogP contribution in [0, 0.1) is 17.8 Å². The zero-order valence-electron chi connectivity index (χ0n) is 13.4. The molecule has 0 aromatic heterocycles. The zero-order chi connectivity index (χ0) is 16.5. The van der Waals surface area contributed by atoms with Gasteiger partial charge in [-0.05, 0) is 24.7 Å². The number of hydrogen-bond acceptors (Lipinski definition) is 4. The number of ether oxygens (including phenoxy) is 1. The standard InChI is InChI=1S/C14H26N2O5S/c1-10(2)12-8-16(9-13(12)14(17)18)22(19,20)15-6-4-11(21-3)5-7-15/h10-13H,4-9H2,1-3H3,(H,17,18)/t12-,13+/m0/s1. The first-order chi connectivity index (χ1) is 10.3. The van der Waals surface area contributed by atoms with E-state index in [0.29, 0.717) is 32.5 Å². The third kappa shape index (κ3) is 3.45. The second-order valence-electron chi connectivity index (χ2n) is 6.51. The smallest absolute Gasteiger partial charge is 0.308 e. The third-order valence-corrected chi connectivity index (χ3v) is 6.86. The van der Waals surface area contributed by atoms with Crippen molar-refractivity contribution in [2.75, 3.05) is 33.3 Å². The number of methoxy groups -OCH3 is 1. The topological polar surface area (TPSA) is 87.2 Å². The second kappa shape index (κ2) is 6.82. The summed E-state index contributed by atoms with van der Waals surface area (Å²) in [5.41, 5.74) is 0. The van der Waals surface area contributed by atoms with Gasteiger partial charge in [-0.25, -0.2) is 0 Å². The van der Waals surface area contributed by atoms with Crippen LogP contribution < -0.4 is 0 Å². The molecule has 22 heavy (non-hydrogen) atoms. The average molecular weight is 334 g/mol. The molecule has 8 heteroatoms. The highest BCUT2D eigenvalue weighted by atomic mass is 32.2. The Balaban J connectivity index is 2.09. The summed E-state index contributed by atoms with van der Waals surface area (Å²) in [4.78, 5) is 11.4. The van der Waals surface area contributed by atoms with Gasteiger partial charge in [0.2, 0.25) is 0 Å². The Morgan fingerprint density at radius 3 is 2.18 bits per heavy atom. The molecule has 0 spiro atoms. The molecule has 1 N–H and O–H groups in total.